The summed E-state index contributed by atoms with van der Waals surface area (Å²) in [5, 5.41) is 2.81. The molecule has 6 nitrogen and oxygen atoms in total. The van der Waals surface area contributed by atoms with Crippen LogP contribution in [0.25, 0.3) is 0 Å². The van der Waals surface area contributed by atoms with E-state index >= 15 is 0 Å². The van der Waals surface area contributed by atoms with Crippen molar-refractivity contribution in [1.29, 1.82) is 0 Å². The van der Waals surface area contributed by atoms with Gasteiger partial charge in [-0.05, 0) is 25.1 Å². The van der Waals surface area contributed by atoms with Gasteiger partial charge in [-0.3, -0.25) is 0 Å². The molecule has 1 aliphatic heterocycles. The number of nitrogens with one attached hydrogen (secondary N) is 1. The normalized spacial score (nSPS) is 18.3. The van der Waals surface area contributed by atoms with Crippen LogP contribution in [-0.2, 0) is 9.84 Å². The molecule has 23 heavy (non-hydrogen) atoms. The number of amides is 2. The number of carbonyl (C=O) groups is 1. The second kappa shape index (κ2) is 6.74. The summed E-state index contributed by atoms with van der Waals surface area (Å²) in [4.78, 5) is 15.6. The van der Waals surface area contributed by atoms with Crippen LogP contribution in [0.5, 0.6) is 0 Å². The largest absolute Gasteiger partial charge is 0.377 e. The lowest BCUT2D eigenvalue weighted by atomic mass is 10.1. The van der Waals surface area contributed by atoms with Crippen molar-refractivity contribution in [1.82, 2.24) is 10.2 Å². The highest BCUT2D eigenvalue weighted by molar-refractivity contribution is 7.91. The highest BCUT2D eigenvalue weighted by atomic mass is 32.2. The summed E-state index contributed by atoms with van der Waals surface area (Å²) in [6, 6.07) is 3.72. The number of urea groups is 1. The van der Waals surface area contributed by atoms with Gasteiger partial charge in [0.25, 0.3) is 0 Å². The molecule has 1 aromatic rings. The summed E-state index contributed by atoms with van der Waals surface area (Å²) < 4.78 is 36.4. The first-order chi connectivity index (χ1) is 10.7. The minimum Gasteiger partial charge on any atom is -0.377 e. The van der Waals surface area contributed by atoms with Crippen molar-refractivity contribution in [2.45, 2.75) is 13.0 Å². The smallest absolute Gasteiger partial charge is 0.317 e. The first-order valence-electron chi connectivity index (χ1n) is 7.42. The van der Waals surface area contributed by atoms with E-state index in [4.69, 9.17) is 0 Å². The van der Waals surface area contributed by atoms with Gasteiger partial charge in [0, 0.05) is 38.4 Å². The quantitative estimate of drug-likeness (QED) is 0.900. The average Bonchev–Trinajstić information content (AvgIpc) is 2.46. The fourth-order valence-corrected chi connectivity index (χ4v) is 3.75. The van der Waals surface area contributed by atoms with E-state index in [2.05, 4.69) is 5.32 Å². The monoisotopic (exact) mass is 343 g/mol. The average molecular weight is 343 g/mol. The lowest BCUT2D eigenvalue weighted by Crippen LogP contribution is -2.48. The third-order valence-electron chi connectivity index (χ3n) is 3.91. The van der Waals surface area contributed by atoms with Crippen molar-refractivity contribution in [2.24, 2.45) is 0 Å². The maximum atomic E-state index is 13.5. The maximum absolute atomic E-state index is 13.5. The van der Waals surface area contributed by atoms with Crippen molar-refractivity contribution in [2.75, 3.05) is 43.6 Å². The molecular weight excluding hydrogens is 321 g/mol. The van der Waals surface area contributed by atoms with Gasteiger partial charge in [-0.15, -0.1) is 0 Å². The van der Waals surface area contributed by atoms with Gasteiger partial charge >= 0.3 is 6.03 Å². The minimum absolute atomic E-state index is 0.0162. The Morgan fingerprint density at radius 1 is 1.30 bits per heavy atom. The van der Waals surface area contributed by atoms with Crippen molar-refractivity contribution >= 4 is 21.6 Å². The highest BCUT2D eigenvalue weighted by Crippen LogP contribution is 2.26. The van der Waals surface area contributed by atoms with Gasteiger partial charge in [-0.1, -0.05) is 0 Å². The van der Waals surface area contributed by atoms with E-state index in [0.29, 0.717) is 5.56 Å². The Balaban J connectivity index is 2.09. The molecule has 8 heteroatoms. The zero-order chi connectivity index (χ0) is 17.2. The van der Waals surface area contributed by atoms with Crippen molar-refractivity contribution in [3.63, 3.8) is 0 Å². The molecule has 0 bridgehead atoms. The fourth-order valence-electron chi connectivity index (χ4n) is 2.55. The van der Waals surface area contributed by atoms with Crippen molar-refractivity contribution < 1.29 is 17.6 Å². The third-order valence-corrected chi connectivity index (χ3v) is 5.52. The predicted octanol–water partition coefficient (Wildman–Crippen LogP) is 1.39. The number of halogens is 1. The number of nitrogens with zero attached hydrogens (tertiary/aromatic N) is 2. The van der Waals surface area contributed by atoms with E-state index in [1.165, 1.54) is 17.0 Å². The van der Waals surface area contributed by atoms with Gasteiger partial charge < -0.3 is 15.1 Å². The van der Waals surface area contributed by atoms with E-state index in [9.17, 15) is 17.6 Å². The number of sulfone groups is 1. The van der Waals surface area contributed by atoms with Crippen LogP contribution in [0.1, 0.15) is 18.5 Å². The van der Waals surface area contributed by atoms with Crippen LogP contribution in [0, 0.1) is 5.82 Å². The molecule has 1 aliphatic rings. The number of anilines is 1. The van der Waals surface area contributed by atoms with E-state index in [0.717, 1.165) is 5.69 Å². The van der Waals surface area contributed by atoms with Crippen molar-refractivity contribution in [3.05, 3.63) is 29.6 Å². The Morgan fingerprint density at radius 3 is 2.48 bits per heavy atom. The van der Waals surface area contributed by atoms with Gasteiger partial charge in [0.2, 0.25) is 0 Å². The van der Waals surface area contributed by atoms with E-state index in [1.807, 2.05) is 19.0 Å². The van der Waals surface area contributed by atoms with Gasteiger partial charge in [0.15, 0.2) is 9.84 Å². The van der Waals surface area contributed by atoms with Crippen LogP contribution in [-0.4, -0.2) is 58.0 Å². The molecule has 1 N–H and O–H groups in total. The van der Waals surface area contributed by atoms with Crippen LogP contribution in [0.15, 0.2) is 18.2 Å². The molecule has 0 saturated carbocycles. The Morgan fingerprint density at radius 2 is 1.91 bits per heavy atom. The summed E-state index contributed by atoms with van der Waals surface area (Å²) in [5.74, 6) is -0.397. The SMILES string of the molecule is CC(NC(=O)N1CCS(=O)(=O)CC1)c1cc(F)ccc1N(C)C. The molecule has 1 unspecified atom stereocenters. The molecule has 1 aromatic carbocycles. The Bertz CT molecular complexity index is 677. The Hall–Kier alpha value is -1.83. The van der Waals surface area contributed by atoms with Crippen molar-refractivity contribution in [3.8, 4) is 0 Å². The van der Waals surface area contributed by atoms with E-state index in [-0.39, 0.29) is 36.4 Å². The molecule has 128 valence electrons. The van der Waals surface area contributed by atoms with Crippen LogP contribution in [0.4, 0.5) is 14.9 Å². The number of carbonyl (C=O) groups excluding carboxylic acids is 1. The first kappa shape index (κ1) is 17.5. The van der Waals surface area contributed by atoms with E-state index < -0.39 is 15.9 Å². The zero-order valence-corrected chi connectivity index (χ0v) is 14.4. The van der Waals surface area contributed by atoms with Gasteiger partial charge in [-0.2, -0.15) is 0 Å². The zero-order valence-electron chi connectivity index (χ0n) is 13.5. The maximum Gasteiger partial charge on any atom is 0.317 e. The van der Waals surface area contributed by atoms with Gasteiger partial charge in [-0.25, -0.2) is 17.6 Å². The van der Waals surface area contributed by atoms with Gasteiger partial charge in [0.1, 0.15) is 5.82 Å². The first-order valence-corrected chi connectivity index (χ1v) is 9.24. The summed E-state index contributed by atoms with van der Waals surface area (Å²) in [7, 11) is 0.665. The molecule has 1 fully saturated rings. The number of hydrogen-bond donors (Lipinski definition) is 1. The third kappa shape index (κ3) is 4.34. The number of rotatable bonds is 3. The molecular formula is C15H22FN3O3S. The lowest BCUT2D eigenvalue weighted by molar-refractivity contribution is 0.199. The lowest BCUT2D eigenvalue weighted by Gasteiger charge is -2.29. The fraction of sp³-hybridized carbons (Fsp3) is 0.533. The molecule has 2 rings (SSSR count). The molecule has 0 aliphatic carbocycles. The van der Waals surface area contributed by atoms with Crippen LogP contribution in [0.2, 0.25) is 0 Å². The number of hydrogen-bond acceptors (Lipinski definition) is 4. The predicted molar refractivity (Wildman–Crippen MR) is 87.9 cm³/mol. The highest BCUT2D eigenvalue weighted by Gasteiger charge is 2.26. The Kier molecular flexibility index (Phi) is 5.13. The minimum atomic E-state index is -3.03. The van der Waals surface area contributed by atoms with Crippen LogP contribution >= 0.6 is 0 Å². The number of benzene rings is 1. The second-order valence-corrected chi connectivity index (χ2v) is 8.21. The summed E-state index contributed by atoms with van der Waals surface area (Å²) in [6.45, 7) is 2.15. The van der Waals surface area contributed by atoms with Crippen LogP contribution in [0.3, 0.4) is 0 Å². The molecule has 0 aromatic heterocycles. The Labute approximate surface area is 136 Å². The molecule has 2 amide bonds. The summed E-state index contributed by atoms with van der Waals surface area (Å²) >= 11 is 0. The second-order valence-electron chi connectivity index (χ2n) is 5.91. The molecule has 1 saturated heterocycles. The van der Waals surface area contributed by atoms with E-state index in [1.54, 1.807) is 13.0 Å². The summed E-state index contributed by atoms with van der Waals surface area (Å²) in [6.07, 6.45) is 0. The van der Waals surface area contributed by atoms with Gasteiger partial charge in [0.05, 0.1) is 17.5 Å². The molecule has 1 heterocycles. The molecule has 0 radical (unpaired) electrons. The standard InChI is InChI=1S/C15H22FN3O3S/c1-11(13-10-12(16)4-5-14(13)18(2)3)17-15(20)19-6-8-23(21,22)9-7-19/h4-5,10-11H,6-9H2,1-3H3,(H,17,20). The van der Waals surface area contributed by atoms with Crippen LogP contribution < -0.4 is 10.2 Å². The topological polar surface area (TPSA) is 69.7 Å². The summed E-state index contributed by atoms with van der Waals surface area (Å²) in [5.41, 5.74) is 1.49. The molecule has 0 spiro atoms. The molecule has 1 atom stereocenters.